The first-order chi connectivity index (χ1) is 10.1. The number of hydrogen-bond acceptors (Lipinski definition) is 2. The number of para-hydroxylation sites is 2. The van der Waals surface area contributed by atoms with Crippen molar-refractivity contribution in [3.63, 3.8) is 0 Å². The van der Waals surface area contributed by atoms with E-state index in [0.717, 1.165) is 16.9 Å². The Kier molecular flexibility index (Phi) is 3.76. The molecule has 2 atom stereocenters. The second-order valence-corrected chi connectivity index (χ2v) is 5.61. The average molecular weight is 279 g/mol. The van der Waals surface area contributed by atoms with E-state index in [2.05, 4.69) is 66.4 Å². The molecule has 0 aliphatic carbocycles. The molecular weight excluding hydrogens is 258 g/mol. The van der Waals surface area contributed by atoms with Crippen LogP contribution in [0.5, 0.6) is 0 Å². The Morgan fingerprint density at radius 3 is 2.43 bits per heavy atom. The van der Waals surface area contributed by atoms with E-state index < -0.39 is 0 Å². The van der Waals surface area contributed by atoms with Gasteiger partial charge in [0, 0.05) is 6.04 Å². The Morgan fingerprint density at radius 1 is 0.952 bits per heavy atom. The molecule has 0 spiro atoms. The zero-order valence-electron chi connectivity index (χ0n) is 12.7. The van der Waals surface area contributed by atoms with Crippen LogP contribution >= 0.6 is 0 Å². The molecule has 2 aromatic carbocycles. The fourth-order valence-electron chi connectivity index (χ4n) is 2.79. The van der Waals surface area contributed by atoms with Crippen LogP contribution in [0.4, 0.5) is 0 Å². The van der Waals surface area contributed by atoms with E-state index >= 15 is 0 Å². The molecule has 21 heavy (non-hydrogen) atoms. The zero-order valence-corrected chi connectivity index (χ0v) is 12.7. The van der Waals surface area contributed by atoms with Crippen LogP contribution in [-0.4, -0.2) is 9.97 Å². The van der Waals surface area contributed by atoms with Crippen LogP contribution in [0, 0.1) is 6.92 Å². The molecule has 0 fully saturated rings. The van der Waals surface area contributed by atoms with Gasteiger partial charge in [-0.05, 0) is 44.0 Å². The molecule has 0 saturated heterocycles. The van der Waals surface area contributed by atoms with E-state index in [1.54, 1.807) is 0 Å². The summed E-state index contributed by atoms with van der Waals surface area (Å²) in [4.78, 5) is 8.06. The predicted molar refractivity (Wildman–Crippen MR) is 87.2 cm³/mol. The van der Waals surface area contributed by atoms with Gasteiger partial charge in [-0.25, -0.2) is 4.98 Å². The first-order valence-corrected chi connectivity index (χ1v) is 7.41. The lowest BCUT2D eigenvalue weighted by Gasteiger charge is -2.20. The number of aromatic amines is 1. The summed E-state index contributed by atoms with van der Waals surface area (Å²) in [7, 11) is 0. The Morgan fingerprint density at radius 2 is 1.67 bits per heavy atom. The fourth-order valence-corrected chi connectivity index (χ4v) is 2.79. The maximum atomic E-state index is 4.66. The number of fused-ring (bicyclic) bond motifs is 1. The van der Waals surface area contributed by atoms with Crippen LogP contribution < -0.4 is 5.32 Å². The molecule has 0 saturated carbocycles. The van der Waals surface area contributed by atoms with Crippen molar-refractivity contribution in [2.45, 2.75) is 32.9 Å². The molecule has 0 aliphatic rings. The number of aromatic nitrogens is 2. The van der Waals surface area contributed by atoms with E-state index in [0.29, 0.717) is 0 Å². The average Bonchev–Trinajstić information content (AvgIpc) is 2.91. The molecule has 1 heterocycles. The number of H-pyrrole nitrogens is 1. The summed E-state index contributed by atoms with van der Waals surface area (Å²) < 4.78 is 0. The number of rotatable bonds is 4. The summed E-state index contributed by atoms with van der Waals surface area (Å²) in [5.41, 5.74) is 4.75. The molecule has 3 nitrogen and oxygen atoms in total. The molecule has 0 amide bonds. The monoisotopic (exact) mass is 279 g/mol. The second-order valence-electron chi connectivity index (χ2n) is 5.61. The van der Waals surface area contributed by atoms with Gasteiger partial charge in [0.2, 0.25) is 0 Å². The van der Waals surface area contributed by atoms with Crippen LogP contribution in [0.25, 0.3) is 11.0 Å². The van der Waals surface area contributed by atoms with Crippen LogP contribution in [-0.2, 0) is 0 Å². The summed E-state index contributed by atoms with van der Waals surface area (Å²) in [6.45, 7) is 6.49. The Bertz CT molecular complexity index is 712. The quantitative estimate of drug-likeness (QED) is 0.748. The van der Waals surface area contributed by atoms with Crippen LogP contribution in [0.15, 0.2) is 48.5 Å². The molecular formula is C18H21N3. The highest BCUT2D eigenvalue weighted by Gasteiger charge is 2.15. The van der Waals surface area contributed by atoms with Gasteiger partial charge in [-0.15, -0.1) is 0 Å². The highest BCUT2D eigenvalue weighted by molar-refractivity contribution is 5.74. The predicted octanol–water partition coefficient (Wildman–Crippen LogP) is 4.28. The van der Waals surface area contributed by atoms with Crippen molar-refractivity contribution in [3.05, 3.63) is 65.5 Å². The molecule has 0 bridgehead atoms. The van der Waals surface area contributed by atoms with Crippen LogP contribution in [0.1, 0.15) is 42.9 Å². The Hall–Kier alpha value is -2.13. The lowest BCUT2D eigenvalue weighted by Crippen LogP contribution is -2.23. The third kappa shape index (κ3) is 2.83. The summed E-state index contributed by atoms with van der Waals surface area (Å²) in [5, 5.41) is 3.62. The van der Waals surface area contributed by atoms with E-state index in [-0.39, 0.29) is 12.1 Å². The maximum absolute atomic E-state index is 4.66. The zero-order chi connectivity index (χ0) is 14.8. The van der Waals surface area contributed by atoms with E-state index in [4.69, 9.17) is 0 Å². The molecule has 3 heteroatoms. The number of aryl methyl sites for hydroxylation is 1. The minimum Gasteiger partial charge on any atom is -0.341 e. The number of imidazole rings is 1. The van der Waals surface area contributed by atoms with E-state index in [1.807, 2.05) is 18.2 Å². The molecule has 1 aromatic heterocycles. The number of hydrogen-bond donors (Lipinski definition) is 2. The van der Waals surface area contributed by atoms with E-state index in [1.165, 1.54) is 11.1 Å². The third-order valence-electron chi connectivity index (χ3n) is 3.97. The van der Waals surface area contributed by atoms with Gasteiger partial charge in [-0.3, -0.25) is 0 Å². The highest BCUT2D eigenvalue weighted by Crippen LogP contribution is 2.22. The maximum Gasteiger partial charge on any atom is 0.124 e. The smallest absolute Gasteiger partial charge is 0.124 e. The van der Waals surface area contributed by atoms with Crippen LogP contribution in [0.2, 0.25) is 0 Å². The van der Waals surface area contributed by atoms with Crippen LogP contribution in [0.3, 0.4) is 0 Å². The number of nitrogens with one attached hydrogen (secondary N) is 2. The third-order valence-corrected chi connectivity index (χ3v) is 3.97. The van der Waals surface area contributed by atoms with Crippen molar-refractivity contribution in [2.75, 3.05) is 0 Å². The molecule has 0 aliphatic heterocycles. The first kappa shape index (κ1) is 13.8. The molecule has 3 rings (SSSR count). The number of benzene rings is 2. The van der Waals surface area contributed by atoms with Gasteiger partial charge < -0.3 is 10.3 Å². The van der Waals surface area contributed by atoms with Gasteiger partial charge in [0.1, 0.15) is 5.82 Å². The van der Waals surface area contributed by atoms with Crippen molar-refractivity contribution in [1.82, 2.24) is 15.3 Å². The lowest BCUT2D eigenvalue weighted by molar-refractivity contribution is 0.479. The molecule has 0 radical (unpaired) electrons. The van der Waals surface area contributed by atoms with Gasteiger partial charge in [-0.1, -0.05) is 36.4 Å². The minimum atomic E-state index is 0.173. The standard InChI is InChI=1S/C18H21N3/c1-12-8-4-5-9-15(12)13(2)19-14(3)18-20-16-10-6-7-11-17(16)21-18/h4-11,13-14,19H,1-3H3,(H,20,21). The summed E-state index contributed by atoms with van der Waals surface area (Å²) in [6.07, 6.45) is 0. The fraction of sp³-hybridized carbons (Fsp3) is 0.278. The van der Waals surface area contributed by atoms with Crippen molar-refractivity contribution in [3.8, 4) is 0 Å². The van der Waals surface area contributed by atoms with Crippen molar-refractivity contribution < 1.29 is 0 Å². The van der Waals surface area contributed by atoms with Gasteiger partial charge in [0.25, 0.3) is 0 Å². The lowest BCUT2D eigenvalue weighted by atomic mass is 10.0. The van der Waals surface area contributed by atoms with Gasteiger partial charge in [0.15, 0.2) is 0 Å². The Labute approximate surface area is 125 Å². The second kappa shape index (κ2) is 5.70. The molecule has 2 N–H and O–H groups in total. The summed E-state index contributed by atoms with van der Waals surface area (Å²) in [5.74, 6) is 0.983. The van der Waals surface area contributed by atoms with Crippen molar-refractivity contribution >= 4 is 11.0 Å². The van der Waals surface area contributed by atoms with Gasteiger partial charge >= 0.3 is 0 Å². The van der Waals surface area contributed by atoms with E-state index in [9.17, 15) is 0 Å². The normalized spacial score (nSPS) is 14.2. The van der Waals surface area contributed by atoms with Gasteiger partial charge in [-0.2, -0.15) is 0 Å². The summed E-state index contributed by atoms with van der Waals surface area (Å²) in [6, 6.07) is 17.1. The molecule has 108 valence electrons. The van der Waals surface area contributed by atoms with Crippen molar-refractivity contribution in [2.24, 2.45) is 0 Å². The summed E-state index contributed by atoms with van der Waals surface area (Å²) >= 11 is 0. The first-order valence-electron chi connectivity index (χ1n) is 7.41. The SMILES string of the molecule is Cc1ccccc1C(C)NC(C)c1nc2ccccc2[nH]1. The molecule has 3 aromatic rings. The molecule has 2 unspecified atom stereocenters. The minimum absolute atomic E-state index is 0.173. The van der Waals surface area contributed by atoms with Gasteiger partial charge in [0.05, 0.1) is 17.1 Å². The largest absolute Gasteiger partial charge is 0.341 e. The Balaban J connectivity index is 1.79. The number of nitrogens with zero attached hydrogens (tertiary/aromatic N) is 1. The van der Waals surface area contributed by atoms with Crippen molar-refractivity contribution in [1.29, 1.82) is 0 Å². The topological polar surface area (TPSA) is 40.7 Å². The highest BCUT2D eigenvalue weighted by atomic mass is 15.0.